The van der Waals surface area contributed by atoms with Crippen LogP contribution in [0.2, 0.25) is 0 Å². The molecule has 0 saturated carbocycles. The van der Waals surface area contributed by atoms with Crippen LogP contribution in [0.1, 0.15) is 22.9 Å². The molecule has 0 aliphatic heterocycles. The first kappa shape index (κ1) is 23.9. The Labute approximate surface area is 206 Å². The van der Waals surface area contributed by atoms with Gasteiger partial charge in [0.1, 0.15) is 16.5 Å². The number of aromatic nitrogens is 1. The standard InChI is InChI=1S/C25H25N3O4S2/c1-27(15-18-8-11-20(31-2)14-23(18)32-3)22(13-17-6-9-19(10-7-17)28(29)30)21-16-34-25(26-21)24-5-4-12-33-24/h4-12,14,16,22H,13,15H2,1-3H3/t22-/m0/s1. The highest BCUT2D eigenvalue weighted by Gasteiger charge is 2.23. The lowest BCUT2D eigenvalue weighted by atomic mass is 10.0. The molecule has 0 radical (unpaired) electrons. The number of ether oxygens (including phenoxy) is 2. The first-order chi connectivity index (χ1) is 16.5. The fourth-order valence-corrected chi connectivity index (χ4v) is 5.46. The van der Waals surface area contributed by atoms with Crippen molar-refractivity contribution >= 4 is 28.4 Å². The number of thiophene rings is 1. The highest BCUT2D eigenvalue weighted by atomic mass is 32.1. The number of thiazole rings is 1. The van der Waals surface area contributed by atoms with E-state index in [2.05, 4.69) is 23.4 Å². The molecule has 0 spiro atoms. The summed E-state index contributed by atoms with van der Waals surface area (Å²) in [6, 6.07) is 16.6. The van der Waals surface area contributed by atoms with Crippen molar-refractivity contribution in [1.82, 2.24) is 9.88 Å². The molecule has 34 heavy (non-hydrogen) atoms. The van der Waals surface area contributed by atoms with Crippen molar-refractivity contribution < 1.29 is 14.4 Å². The van der Waals surface area contributed by atoms with Crippen molar-refractivity contribution in [2.75, 3.05) is 21.3 Å². The molecule has 9 heteroatoms. The summed E-state index contributed by atoms with van der Waals surface area (Å²) in [5.41, 5.74) is 3.11. The average molecular weight is 496 g/mol. The summed E-state index contributed by atoms with van der Waals surface area (Å²) in [5, 5.41) is 16.2. The van der Waals surface area contributed by atoms with Gasteiger partial charge in [-0.1, -0.05) is 24.3 Å². The maximum atomic E-state index is 11.1. The molecule has 0 saturated heterocycles. The lowest BCUT2D eigenvalue weighted by molar-refractivity contribution is -0.384. The van der Waals surface area contributed by atoms with Gasteiger partial charge in [-0.05, 0) is 36.5 Å². The maximum Gasteiger partial charge on any atom is 0.269 e. The molecule has 0 bridgehead atoms. The fourth-order valence-electron chi connectivity index (χ4n) is 3.78. The molecule has 0 aliphatic rings. The Morgan fingerprint density at radius 3 is 2.53 bits per heavy atom. The van der Waals surface area contributed by atoms with Gasteiger partial charge in [-0.2, -0.15) is 0 Å². The number of nitro groups is 1. The highest BCUT2D eigenvalue weighted by molar-refractivity contribution is 7.20. The number of hydrogen-bond acceptors (Lipinski definition) is 8. The number of non-ortho nitro benzene ring substituents is 1. The van der Waals surface area contributed by atoms with Crippen molar-refractivity contribution in [3.05, 3.63) is 92.3 Å². The van der Waals surface area contributed by atoms with Gasteiger partial charge in [0.15, 0.2) is 0 Å². The highest BCUT2D eigenvalue weighted by Crippen LogP contribution is 2.34. The zero-order chi connectivity index (χ0) is 24.1. The Morgan fingerprint density at radius 1 is 1.09 bits per heavy atom. The van der Waals surface area contributed by atoms with Crippen LogP contribution in [0, 0.1) is 10.1 Å². The number of hydrogen-bond donors (Lipinski definition) is 0. The smallest absolute Gasteiger partial charge is 0.269 e. The number of nitro benzene ring substituents is 1. The number of likely N-dealkylation sites (N-methyl/N-ethyl adjacent to an activating group) is 1. The summed E-state index contributed by atoms with van der Waals surface area (Å²) < 4.78 is 10.9. The summed E-state index contributed by atoms with van der Waals surface area (Å²) in [6.07, 6.45) is 0.667. The Balaban J connectivity index is 1.63. The molecule has 2 aromatic heterocycles. The van der Waals surface area contributed by atoms with Crippen LogP contribution in [0.5, 0.6) is 11.5 Å². The van der Waals surface area contributed by atoms with Crippen LogP contribution in [0.3, 0.4) is 0 Å². The topological polar surface area (TPSA) is 77.7 Å². The molecule has 0 fully saturated rings. The van der Waals surface area contributed by atoms with Gasteiger partial charge in [-0.25, -0.2) is 4.98 Å². The lowest BCUT2D eigenvalue weighted by Crippen LogP contribution is -2.26. The molecule has 176 valence electrons. The molecular weight excluding hydrogens is 470 g/mol. The Morgan fingerprint density at radius 2 is 1.88 bits per heavy atom. The van der Waals surface area contributed by atoms with Gasteiger partial charge in [-0.15, -0.1) is 22.7 Å². The minimum atomic E-state index is -0.378. The molecule has 0 aliphatic carbocycles. The molecule has 1 atom stereocenters. The molecular formula is C25H25N3O4S2. The first-order valence-corrected chi connectivity index (χ1v) is 12.4. The van der Waals surface area contributed by atoms with E-state index in [-0.39, 0.29) is 16.7 Å². The lowest BCUT2D eigenvalue weighted by Gasteiger charge is -2.28. The van der Waals surface area contributed by atoms with Gasteiger partial charge in [0, 0.05) is 35.7 Å². The summed E-state index contributed by atoms with van der Waals surface area (Å²) in [7, 11) is 5.35. The zero-order valence-corrected chi connectivity index (χ0v) is 20.8. The number of benzene rings is 2. The Hall–Kier alpha value is -3.27. The van der Waals surface area contributed by atoms with Crippen LogP contribution in [-0.4, -0.2) is 36.1 Å². The summed E-state index contributed by atoms with van der Waals surface area (Å²) in [5.74, 6) is 1.50. The normalized spacial score (nSPS) is 12.0. The van der Waals surface area contributed by atoms with E-state index in [0.717, 1.165) is 38.2 Å². The molecule has 4 aromatic rings. The van der Waals surface area contributed by atoms with Crippen LogP contribution >= 0.6 is 22.7 Å². The molecule has 2 heterocycles. The minimum absolute atomic E-state index is 0.0294. The van der Waals surface area contributed by atoms with Gasteiger partial charge >= 0.3 is 0 Å². The third kappa shape index (κ3) is 5.44. The summed E-state index contributed by atoms with van der Waals surface area (Å²) in [6.45, 7) is 0.636. The van der Waals surface area contributed by atoms with E-state index in [1.807, 2.05) is 41.8 Å². The zero-order valence-electron chi connectivity index (χ0n) is 19.1. The van der Waals surface area contributed by atoms with Crippen LogP contribution in [0.4, 0.5) is 5.69 Å². The average Bonchev–Trinajstić information content (AvgIpc) is 3.55. The van der Waals surface area contributed by atoms with Crippen LogP contribution in [0.25, 0.3) is 9.88 Å². The molecule has 0 unspecified atom stereocenters. The van der Waals surface area contributed by atoms with E-state index in [1.54, 1.807) is 49.0 Å². The SMILES string of the molecule is COc1ccc(CN(C)[C@@H](Cc2ccc([N+](=O)[O-])cc2)c2csc(-c3cccs3)n2)c(OC)c1. The summed E-state index contributed by atoms with van der Waals surface area (Å²) in [4.78, 5) is 19.0. The van der Waals surface area contributed by atoms with Gasteiger partial charge in [-0.3, -0.25) is 15.0 Å². The molecule has 2 aromatic carbocycles. The van der Waals surface area contributed by atoms with Crippen molar-refractivity contribution in [2.24, 2.45) is 0 Å². The van der Waals surface area contributed by atoms with Crippen molar-refractivity contribution in [3.8, 4) is 21.4 Å². The quantitative estimate of drug-likeness (QED) is 0.192. The Kier molecular flexibility index (Phi) is 7.56. The summed E-state index contributed by atoms with van der Waals surface area (Å²) >= 11 is 3.30. The molecule has 0 N–H and O–H groups in total. The second kappa shape index (κ2) is 10.8. The maximum absolute atomic E-state index is 11.1. The Bertz CT molecular complexity index is 1240. The van der Waals surface area contributed by atoms with Crippen molar-refractivity contribution in [3.63, 3.8) is 0 Å². The van der Waals surface area contributed by atoms with E-state index < -0.39 is 0 Å². The van der Waals surface area contributed by atoms with E-state index in [4.69, 9.17) is 14.5 Å². The van der Waals surface area contributed by atoms with Gasteiger partial charge in [0.2, 0.25) is 0 Å². The number of rotatable bonds is 10. The monoisotopic (exact) mass is 495 g/mol. The van der Waals surface area contributed by atoms with Gasteiger partial charge in [0.25, 0.3) is 5.69 Å². The van der Waals surface area contributed by atoms with Crippen molar-refractivity contribution in [2.45, 2.75) is 19.0 Å². The molecule has 7 nitrogen and oxygen atoms in total. The van der Waals surface area contributed by atoms with Crippen LogP contribution in [-0.2, 0) is 13.0 Å². The fraction of sp³-hybridized carbons (Fsp3) is 0.240. The predicted molar refractivity (Wildman–Crippen MR) is 136 cm³/mol. The second-order valence-corrected chi connectivity index (χ2v) is 9.60. The third-order valence-corrected chi connectivity index (χ3v) is 7.52. The largest absolute Gasteiger partial charge is 0.497 e. The first-order valence-electron chi connectivity index (χ1n) is 10.6. The minimum Gasteiger partial charge on any atom is -0.497 e. The van der Waals surface area contributed by atoms with E-state index in [1.165, 1.54) is 0 Å². The number of methoxy groups -OCH3 is 2. The predicted octanol–water partition coefficient (Wildman–Crippen LogP) is 6.21. The molecule has 4 rings (SSSR count). The van der Waals surface area contributed by atoms with Gasteiger partial charge in [0.05, 0.1) is 35.8 Å². The van der Waals surface area contributed by atoms with Crippen LogP contribution in [0.15, 0.2) is 65.4 Å². The van der Waals surface area contributed by atoms with E-state index in [0.29, 0.717) is 13.0 Å². The third-order valence-electron chi connectivity index (χ3n) is 5.62. The van der Waals surface area contributed by atoms with E-state index in [9.17, 15) is 10.1 Å². The van der Waals surface area contributed by atoms with Crippen molar-refractivity contribution in [1.29, 1.82) is 0 Å². The van der Waals surface area contributed by atoms with E-state index >= 15 is 0 Å². The molecule has 0 amide bonds. The van der Waals surface area contributed by atoms with Gasteiger partial charge < -0.3 is 9.47 Å². The number of nitrogens with zero attached hydrogens (tertiary/aromatic N) is 3. The second-order valence-electron chi connectivity index (χ2n) is 7.79. The van der Waals surface area contributed by atoms with Crippen LogP contribution < -0.4 is 9.47 Å².